The van der Waals surface area contributed by atoms with Gasteiger partial charge in [-0.2, -0.15) is 0 Å². The maximum absolute atomic E-state index is 12.2. The minimum absolute atomic E-state index is 0.166. The Morgan fingerprint density at radius 1 is 1.04 bits per heavy atom. The summed E-state index contributed by atoms with van der Waals surface area (Å²) in [5, 5.41) is 5.57. The first kappa shape index (κ1) is 18.3. The Labute approximate surface area is 147 Å². The molecule has 2 amide bonds. The first-order valence-corrected chi connectivity index (χ1v) is 8.04. The SMILES string of the molecule is C=CCNC(=O)c1ccc(C(=O)NCCc2cccc(OC)c2)cc1. The van der Waals surface area contributed by atoms with Crippen LogP contribution in [-0.2, 0) is 6.42 Å². The zero-order valence-electron chi connectivity index (χ0n) is 14.2. The van der Waals surface area contributed by atoms with Crippen molar-refractivity contribution in [2.24, 2.45) is 0 Å². The van der Waals surface area contributed by atoms with Gasteiger partial charge in [0.15, 0.2) is 0 Å². The first-order chi connectivity index (χ1) is 12.1. The molecule has 2 aromatic carbocycles. The molecule has 2 aromatic rings. The number of hydrogen-bond acceptors (Lipinski definition) is 3. The molecule has 0 saturated heterocycles. The summed E-state index contributed by atoms with van der Waals surface area (Å²) >= 11 is 0. The molecule has 0 spiro atoms. The average molecular weight is 338 g/mol. The summed E-state index contributed by atoms with van der Waals surface area (Å²) in [5.41, 5.74) is 2.12. The normalized spacial score (nSPS) is 9.96. The Bertz CT molecular complexity index is 739. The molecule has 0 aliphatic carbocycles. The summed E-state index contributed by atoms with van der Waals surface area (Å²) in [7, 11) is 1.63. The molecule has 0 heterocycles. The fraction of sp³-hybridized carbons (Fsp3) is 0.200. The number of rotatable bonds is 8. The van der Waals surface area contributed by atoms with Crippen LogP contribution in [0.1, 0.15) is 26.3 Å². The van der Waals surface area contributed by atoms with Gasteiger partial charge in [0, 0.05) is 24.2 Å². The predicted octanol–water partition coefficient (Wildman–Crippen LogP) is 2.58. The van der Waals surface area contributed by atoms with E-state index in [-0.39, 0.29) is 11.8 Å². The lowest BCUT2D eigenvalue weighted by atomic mass is 10.1. The lowest BCUT2D eigenvalue weighted by Crippen LogP contribution is -2.26. The smallest absolute Gasteiger partial charge is 0.251 e. The number of carbonyl (C=O) groups excluding carboxylic acids is 2. The maximum Gasteiger partial charge on any atom is 0.251 e. The van der Waals surface area contributed by atoms with Gasteiger partial charge in [-0.05, 0) is 48.4 Å². The second kappa shape index (κ2) is 9.27. The van der Waals surface area contributed by atoms with Crippen LogP contribution in [-0.4, -0.2) is 32.0 Å². The number of methoxy groups -OCH3 is 1. The summed E-state index contributed by atoms with van der Waals surface area (Å²) in [6.45, 7) is 4.48. The Morgan fingerprint density at radius 3 is 2.28 bits per heavy atom. The van der Waals surface area contributed by atoms with Gasteiger partial charge in [-0.25, -0.2) is 0 Å². The van der Waals surface area contributed by atoms with Crippen molar-refractivity contribution in [1.82, 2.24) is 10.6 Å². The second-order valence-corrected chi connectivity index (χ2v) is 5.43. The highest BCUT2D eigenvalue weighted by atomic mass is 16.5. The molecular weight excluding hydrogens is 316 g/mol. The van der Waals surface area contributed by atoms with Crippen LogP contribution >= 0.6 is 0 Å². The first-order valence-electron chi connectivity index (χ1n) is 8.04. The number of hydrogen-bond donors (Lipinski definition) is 2. The Balaban J connectivity index is 1.86. The molecule has 0 aliphatic rings. The molecule has 0 aromatic heterocycles. The average Bonchev–Trinajstić information content (AvgIpc) is 2.66. The van der Waals surface area contributed by atoms with Crippen molar-refractivity contribution in [3.8, 4) is 5.75 Å². The molecule has 0 radical (unpaired) electrons. The third-order valence-corrected chi connectivity index (χ3v) is 3.65. The van der Waals surface area contributed by atoms with Gasteiger partial charge in [0.05, 0.1) is 7.11 Å². The van der Waals surface area contributed by atoms with E-state index in [0.717, 1.165) is 11.3 Å². The van der Waals surface area contributed by atoms with Crippen molar-refractivity contribution in [2.75, 3.05) is 20.2 Å². The van der Waals surface area contributed by atoms with E-state index in [9.17, 15) is 9.59 Å². The quantitative estimate of drug-likeness (QED) is 0.727. The molecule has 0 unspecified atom stereocenters. The fourth-order valence-corrected chi connectivity index (χ4v) is 2.29. The highest BCUT2D eigenvalue weighted by molar-refractivity contribution is 5.97. The molecule has 0 aliphatic heterocycles. The van der Waals surface area contributed by atoms with Gasteiger partial charge in [-0.15, -0.1) is 6.58 Å². The van der Waals surface area contributed by atoms with Gasteiger partial charge in [0.1, 0.15) is 5.75 Å². The van der Waals surface area contributed by atoms with Crippen LogP contribution in [0.15, 0.2) is 61.2 Å². The standard InChI is InChI=1S/C20H22N2O3/c1-3-12-21-19(23)16-7-9-17(10-8-16)20(24)22-13-11-15-5-4-6-18(14-15)25-2/h3-10,14H,1,11-13H2,2H3,(H,21,23)(H,22,24). The molecule has 2 N–H and O–H groups in total. The van der Waals surface area contributed by atoms with Crippen LogP contribution in [0.3, 0.4) is 0 Å². The van der Waals surface area contributed by atoms with Crippen molar-refractivity contribution < 1.29 is 14.3 Å². The summed E-state index contributed by atoms with van der Waals surface area (Å²) < 4.78 is 5.18. The van der Waals surface area contributed by atoms with Crippen molar-refractivity contribution in [2.45, 2.75) is 6.42 Å². The molecule has 0 atom stereocenters. The van der Waals surface area contributed by atoms with Crippen molar-refractivity contribution in [1.29, 1.82) is 0 Å². The molecule has 0 fully saturated rings. The van der Waals surface area contributed by atoms with Crippen LogP contribution < -0.4 is 15.4 Å². The Kier molecular flexibility index (Phi) is 6.77. The van der Waals surface area contributed by atoms with Gasteiger partial charge in [0.2, 0.25) is 0 Å². The summed E-state index contributed by atoms with van der Waals surface area (Å²) in [6.07, 6.45) is 2.33. The molecule has 25 heavy (non-hydrogen) atoms. The van der Waals surface area contributed by atoms with Crippen LogP contribution in [0, 0.1) is 0 Å². The van der Waals surface area contributed by atoms with Gasteiger partial charge < -0.3 is 15.4 Å². The van der Waals surface area contributed by atoms with Crippen LogP contribution in [0.25, 0.3) is 0 Å². The highest BCUT2D eigenvalue weighted by Gasteiger charge is 2.08. The third-order valence-electron chi connectivity index (χ3n) is 3.65. The minimum atomic E-state index is -0.190. The topological polar surface area (TPSA) is 67.4 Å². The number of amides is 2. The number of carbonyl (C=O) groups is 2. The summed E-state index contributed by atoms with van der Waals surface area (Å²) in [4.78, 5) is 24.0. The predicted molar refractivity (Wildman–Crippen MR) is 98.0 cm³/mol. The van der Waals surface area contributed by atoms with Crippen molar-refractivity contribution in [3.63, 3.8) is 0 Å². The number of ether oxygens (including phenoxy) is 1. The van der Waals surface area contributed by atoms with Crippen LogP contribution in [0.5, 0.6) is 5.75 Å². The Morgan fingerprint density at radius 2 is 1.68 bits per heavy atom. The number of nitrogens with one attached hydrogen (secondary N) is 2. The highest BCUT2D eigenvalue weighted by Crippen LogP contribution is 2.12. The largest absolute Gasteiger partial charge is 0.497 e. The molecular formula is C20H22N2O3. The fourth-order valence-electron chi connectivity index (χ4n) is 2.29. The van der Waals surface area contributed by atoms with Gasteiger partial charge >= 0.3 is 0 Å². The van der Waals surface area contributed by atoms with Crippen molar-refractivity contribution in [3.05, 3.63) is 77.9 Å². The zero-order valence-corrected chi connectivity index (χ0v) is 14.2. The minimum Gasteiger partial charge on any atom is -0.497 e. The molecule has 130 valence electrons. The van der Waals surface area contributed by atoms with Gasteiger partial charge in [-0.1, -0.05) is 18.2 Å². The summed E-state index contributed by atoms with van der Waals surface area (Å²) in [5.74, 6) is 0.444. The second-order valence-electron chi connectivity index (χ2n) is 5.43. The molecule has 2 rings (SSSR count). The van der Waals surface area contributed by atoms with E-state index >= 15 is 0 Å². The molecule has 0 bridgehead atoms. The van der Waals surface area contributed by atoms with E-state index in [0.29, 0.717) is 30.6 Å². The third kappa shape index (κ3) is 5.49. The van der Waals surface area contributed by atoms with Gasteiger partial charge in [0.25, 0.3) is 11.8 Å². The number of benzene rings is 2. The lowest BCUT2D eigenvalue weighted by Gasteiger charge is -2.08. The zero-order chi connectivity index (χ0) is 18.1. The van der Waals surface area contributed by atoms with E-state index in [1.165, 1.54) is 0 Å². The molecule has 0 saturated carbocycles. The monoisotopic (exact) mass is 338 g/mol. The van der Waals surface area contributed by atoms with Gasteiger partial charge in [-0.3, -0.25) is 9.59 Å². The van der Waals surface area contributed by atoms with E-state index in [4.69, 9.17) is 4.74 Å². The van der Waals surface area contributed by atoms with E-state index in [1.54, 1.807) is 37.5 Å². The molecule has 5 heteroatoms. The Hall–Kier alpha value is -3.08. The van der Waals surface area contributed by atoms with E-state index < -0.39 is 0 Å². The summed E-state index contributed by atoms with van der Waals surface area (Å²) in [6, 6.07) is 14.3. The van der Waals surface area contributed by atoms with E-state index in [2.05, 4.69) is 17.2 Å². The van der Waals surface area contributed by atoms with Crippen LogP contribution in [0.4, 0.5) is 0 Å². The van der Waals surface area contributed by atoms with E-state index in [1.807, 2.05) is 24.3 Å². The van der Waals surface area contributed by atoms with Crippen LogP contribution in [0.2, 0.25) is 0 Å². The molecule has 5 nitrogen and oxygen atoms in total. The lowest BCUT2D eigenvalue weighted by molar-refractivity contribution is 0.0944. The van der Waals surface area contributed by atoms with Crippen molar-refractivity contribution >= 4 is 11.8 Å². The maximum atomic E-state index is 12.2.